The van der Waals surface area contributed by atoms with Crippen molar-refractivity contribution in [3.63, 3.8) is 0 Å². The number of aromatic nitrogens is 5. The number of benzene rings is 1. The van der Waals surface area contributed by atoms with E-state index in [4.69, 9.17) is 14.5 Å². The SMILES string of the molecule is COCCOCn1c(-c2ccc(F)cc2)nc2cc(-c3cnn(C)c3)cnc21. The Morgan fingerprint density at radius 2 is 1.86 bits per heavy atom. The first-order valence-electron chi connectivity index (χ1n) is 8.83. The van der Waals surface area contributed by atoms with Crippen LogP contribution in [0.3, 0.4) is 0 Å². The number of methoxy groups -OCH3 is 1. The summed E-state index contributed by atoms with van der Waals surface area (Å²) < 4.78 is 27.7. The molecule has 0 saturated heterocycles. The van der Waals surface area contributed by atoms with Crippen LogP contribution in [0.25, 0.3) is 33.7 Å². The molecule has 0 aliphatic rings. The molecule has 0 atom stereocenters. The van der Waals surface area contributed by atoms with Crippen LogP contribution in [0.2, 0.25) is 0 Å². The Morgan fingerprint density at radius 1 is 1.04 bits per heavy atom. The van der Waals surface area contributed by atoms with Gasteiger partial charge in [-0.25, -0.2) is 14.4 Å². The van der Waals surface area contributed by atoms with Crippen molar-refractivity contribution < 1.29 is 13.9 Å². The lowest BCUT2D eigenvalue weighted by Crippen LogP contribution is -2.09. The maximum Gasteiger partial charge on any atom is 0.162 e. The Balaban J connectivity index is 1.77. The van der Waals surface area contributed by atoms with Crippen molar-refractivity contribution in [2.24, 2.45) is 7.05 Å². The van der Waals surface area contributed by atoms with Gasteiger partial charge in [0.05, 0.1) is 19.4 Å². The lowest BCUT2D eigenvalue weighted by atomic mass is 10.1. The molecule has 0 amide bonds. The van der Waals surface area contributed by atoms with Crippen molar-refractivity contribution >= 4 is 11.2 Å². The molecule has 0 fully saturated rings. The fourth-order valence-corrected chi connectivity index (χ4v) is 2.98. The van der Waals surface area contributed by atoms with Gasteiger partial charge in [0, 0.05) is 43.2 Å². The molecule has 0 unspecified atom stereocenters. The molecule has 3 aromatic heterocycles. The molecule has 0 radical (unpaired) electrons. The highest BCUT2D eigenvalue weighted by molar-refractivity contribution is 5.81. The van der Waals surface area contributed by atoms with Gasteiger partial charge in [0.25, 0.3) is 0 Å². The lowest BCUT2D eigenvalue weighted by molar-refractivity contribution is 0.0363. The van der Waals surface area contributed by atoms with Crippen LogP contribution in [0.15, 0.2) is 48.9 Å². The van der Waals surface area contributed by atoms with E-state index in [1.54, 1.807) is 36.3 Å². The summed E-state index contributed by atoms with van der Waals surface area (Å²) in [6.07, 6.45) is 5.50. The average molecular weight is 381 g/mol. The minimum atomic E-state index is -0.292. The van der Waals surface area contributed by atoms with Crippen molar-refractivity contribution in [1.29, 1.82) is 0 Å². The zero-order valence-electron chi connectivity index (χ0n) is 15.7. The number of fused-ring (bicyclic) bond motifs is 1. The number of ether oxygens (including phenoxy) is 2. The van der Waals surface area contributed by atoms with Crippen LogP contribution < -0.4 is 0 Å². The Hall–Kier alpha value is -3.10. The number of nitrogens with zero attached hydrogens (tertiary/aromatic N) is 5. The van der Waals surface area contributed by atoms with Gasteiger partial charge in [-0.15, -0.1) is 0 Å². The number of aryl methyl sites for hydroxylation is 1. The summed E-state index contributed by atoms with van der Waals surface area (Å²) in [4.78, 5) is 9.35. The minimum Gasteiger partial charge on any atom is -0.382 e. The van der Waals surface area contributed by atoms with E-state index in [2.05, 4.69) is 10.1 Å². The average Bonchev–Trinajstić information content (AvgIpc) is 3.29. The Bertz CT molecular complexity index is 1090. The third-order valence-electron chi connectivity index (χ3n) is 4.38. The summed E-state index contributed by atoms with van der Waals surface area (Å²) in [5.74, 6) is 0.378. The van der Waals surface area contributed by atoms with Crippen molar-refractivity contribution in [3.8, 4) is 22.5 Å². The van der Waals surface area contributed by atoms with E-state index in [1.165, 1.54) is 12.1 Å². The minimum absolute atomic E-state index is 0.270. The van der Waals surface area contributed by atoms with Gasteiger partial charge in [0.15, 0.2) is 5.65 Å². The molecule has 0 spiro atoms. The van der Waals surface area contributed by atoms with E-state index < -0.39 is 0 Å². The van der Waals surface area contributed by atoms with Crippen LogP contribution in [0, 0.1) is 5.82 Å². The summed E-state index contributed by atoms with van der Waals surface area (Å²) in [5, 5.41) is 4.21. The standard InChI is InChI=1S/C20H20FN5O2/c1-25-12-16(11-23-25)15-9-18-20(22-10-15)26(13-28-8-7-27-2)19(24-18)14-3-5-17(21)6-4-14/h3-6,9-12H,7-8,13H2,1-2H3. The van der Waals surface area contributed by atoms with Gasteiger partial charge in [0.2, 0.25) is 0 Å². The van der Waals surface area contributed by atoms with Gasteiger partial charge in [-0.05, 0) is 30.3 Å². The van der Waals surface area contributed by atoms with Crippen LogP contribution in [0.4, 0.5) is 4.39 Å². The van der Waals surface area contributed by atoms with E-state index in [9.17, 15) is 4.39 Å². The molecule has 144 valence electrons. The van der Waals surface area contributed by atoms with E-state index in [0.29, 0.717) is 24.7 Å². The topological polar surface area (TPSA) is 67.0 Å². The second kappa shape index (κ2) is 7.87. The smallest absolute Gasteiger partial charge is 0.162 e. The number of imidazole rings is 1. The summed E-state index contributed by atoms with van der Waals surface area (Å²) in [7, 11) is 3.50. The highest BCUT2D eigenvalue weighted by atomic mass is 19.1. The molecule has 0 N–H and O–H groups in total. The zero-order valence-corrected chi connectivity index (χ0v) is 15.7. The highest BCUT2D eigenvalue weighted by Gasteiger charge is 2.15. The molecule has 3 heterocycles. The normalized spacial score (nSPS) is 11.4. The number of pyridine rings is 1. The monoisotopic (exact) mass is 381 g/mol. The Morgan fingerprint density at radius 3 is 2.57 bits per heavy atom. The molecule has 7 nitrogen and oxygen atoms in total. The fraction of sp³-hybridized carbons (Fsp3) is 0.250. The van der Waals surface area contributed by atoms with Crippen LogP contribution >= 0.6 is 0 Å². The van der Waals surface area contributed by atoms with Crippen molar-refractivity contribution in [1.82, 2.24) is 24.3 Å². The first kappa shape index (κ1) is 18.3. The summed E-state index contributed by atoms with van der Waals surface area (Å²) in [6.45, 7) is 1.22. The molecule has 0 bridgehead atoms. The van der Waals surface area contributed by atoms with Crippen LogP contribution in [0.5, 0.6) is 0 Å². The van der Waals surface area contributed by atoms with Crippen molar-refractivity contribution in [2.45, 2.75) is 6.73 Å². The predicted octanol–water partition coefficient (Wildman–Crippen LogP) is 3.26. The summed E-state index contributed by atoms with van der Waals surface area (Å²) in [5.41, 5.74) is 4.11. The summed E-state index contributed by atoms with van der Waals surface area (Å²) >= 11 is 0. The first-order valence-corrected chi connectivity index (χ1v) is 8.83. The Labute approximate surface area is 161 Å². The fourth-order valence-electron chi connectivity index (χ4n) is 2.98. The quantitative estimate of drug-likeness (QED) is 0.460. The number of halogens is 1. The second-order valence-corrected chi connectivity index (χ2v) is 6.37. The largest absolute Gasteiger partial charge is 0.382 e. The molecule has 4 rings (SSSR count). The van der Waals surface area contributed by atoms with E-state index >= 15 is 0 Å². The van der Waals surface area contributed by atoms with Crippen molar-refractivity contribution in [3.05, 3.63) is 54.7 Å². The van der Waals surface area contributed by atoms with Crippen LogP contribution in [-0.2, 0) is 23.3 Å². The zero-order chi connectivity index (χ0) is 19.5. The van der Waals surface area contributed by atoms with E-state index in [1.807, 2.05) is 23.9 Å². The van der Waals surface area contributed by atoms with E-state index in [0.717, 1.165) is 22.2 Å². The molecule has 28 heavy (non-hydrogen) atoms. The van der Waals surface area contributed by atoms with Gasteiger partial charge < -0.3 is 9.47 Å². The highest BCUT2D eigenvalue weighted by Crippen LogP contribution is 2.27. The number of hydrogen-bond acceptors (Lipinski definition) is 5. The lowest BCUT2D eigenvalue weighted by Gasteiger charge is -2.09. The maximum atomic E-state index is 13.4. The van der Waals surface area contributed by atoms with Gasteiger partial charge in [-0.2, -0.15) is 5.10 Å². The predicted molar refractivity (Wildman–Crippen MR) is 103 cm³/mol. The van der Waals surface area contributed by atoms with Gasteiger partial charge in [0.1, 0.15) is 23.9 Å². The van der Waals surface area contributed by atoms with Gasteiger partial charge in [-0.3, -0.25) is 9.25 Å². The molecule has 4 aromatic rings. The molecule has 8 heteroatoms. The Kier molecular flexibility index (Phi) is 5.14. The van der Waals surface area contributed by atoms with Gasteiger partial charge in [-0.1, -0.05) is 0 Å². The molecule has 0 saturated carbocycles. The van der Waals surface area contributed by atoms with Gasteiger partial charge >= 0.3 is 0 Å². The molecular weight excluding hydrogens is 361 g/mol. The molecule has 1 aromatic carbocycles. The van der Waals surface area contributed by atoms with E-state index in [-0.39, 0.29) is 12.5 Å². The third kappa shape index (κ3) is 3.64. The molecule has 0 aliphatic carbocycles. The second-order valence-electron chi connectivity index (χ2n) is 6.37. The van der Waals surface area contributed by atoms with Crippen LogP contribution in [0.1, 0.15) is 0 Å². The molecule has 0 aliphatic heterocycles. The number of rotatable bonds is 7. The van der Waals surface area contributed by atoms with Crippen molar-refractivity contribution in [2.75, 3.05) is 20.3 Å². The number of hydrogen-bond donors (Lipinski definition) is 0. The van der Waals surface area contributed by atoms with Crippen LogP contribution in [-0.4, -0.2) is 44.6 Å². The summed E-state index contributed by atoms with van der Waals surface area (Å²) in [6, 6.07) is 8.20. The first-order chi connectivity index (χ1) is 13.7. The maximum absolute atomic E-state index is 13.4. The third-order valence-corrected chi connectivity index (χ3v) is 4.38. The molecular formula is C20H20FN5O2.